The van der Waals surface area contributed by atoms with Crippen molar-refractivity contribution >= 4 is 14.9 Å². The molecule has 1 aliphatic rings. The summed E-state index contributed by atoms with van der Waals surface area (Å²) in [4.78, 5) is 3.71. The average Bonchev–Trinajstić information content (AvgIpc) is 2.62. The molecule has 1 aromatic carbocycles. The minimum atomic E-state index is -3.62. The number of hydrogen-bond donors (Lipinski definition) is 1. The summed E-state index contributed by atoms with van der Waals surface area (Å²) in [5, 5.41) is -0.352. The van der Waals surface area contributed by atoms with E-state index in [0.29, 0.717) is 11.5 Å². The van der Waals surface area contributed by atoms with E-state index in [1.54, 1.807) is 24.3 Å². The Kier molecular flexibility index (Phi) is 3.24. The van der Waals surface area contributed by atoms with Crippen LogP contribution in [0.2, 0.25) is 0 Å². The standard InChI is InChI=1S/C11H12N2O4S/c1-16-8-3-2-4-9(5-8)17-7-11-13-6-10(12)18(11,14)15/h2-6H,7,12H2,1H3. The van der Waals surface area contributed by atoms with Crippen molar-refractivity contribution in [3.63, 3.8) is 0 Å². The Morgan fingerprint density at radius 1 is 1.33 bits per heavy atom. The lowest BCUT2D eigenvalue weighted by Crippen LogP contribution is -2.23. The van der Waals surface area contributed by atoms with E-state index in [9.17, 15) is 8.42 Å². The van der Waals surface area contributed by atoms with Gasteiger partial charge in [-0.25, -0.2) is 13.4 Å². The van der Waals surface area contributed by atoms with Gasteiger partial charge in [0.05, 0.1) is 13.3 Å². The quantitative estimate of drug-likeness (QED) is 0.866. The molecule has 96 valence electrons. The molecular formula is C11H12N2O4S. The first-order valence-electron chi connectivity index (χ1n) is 5.08. The minimum Gasteiger partial charge on any atom is -0.497 e. The van der Waals surface area contributed by atoms with Gasteiger partial charge in [-0.1, -0.05) is 6.07 Å². The largest absolute Gasteiger partial charge is 0.497 e. The summed E-state index contributed by atoms with van der Waals surface area (Å²) in [7, 11) is -2.08. The van der Waals surface area contributed by atoms with Crippen LogP contribution in [0.4, 0.5) is 0 Å². The highest BCUT2D eigenvalue weighted by atomic mass is 32.2. The monoisotopic (exact) mass is 268 g/mol. The fourth-order valence-corrected chi connectivity index (χ4v) is 2.23. The highest BCUT2D eigenvalue weighted by Gasteiger charge is 2.27. The van der Waals surface area contributed by atoms with Crippen LogP contribution >= 0.6 is 0 Å². The van der Waals surface area contributed by atoms with Crippen LogP contribution in [0, 0.1) is 0 Å². The molecule has 0 unspecified atom stereocenters. The van der Waals surface area contributed by atoms with E-state index in [0.717, 1.165) is 6.20 Å². The third-order valence-electron chi connectivity index (χ3n) is 2.36. The van der Waals surface area contributed by atoms with Crippen LogP contribution in [0.1, 0.15) is 0 Å². The van der Waals surface area contributed by atoms with Gasteiger partial charge in [-0.15, -0.1) is 0 Å². The van der Waals surface area contributed by atoms with Crippen LogP contribution in [0.5, 0.6) is 11.5 Å². The molecule has 7 heteroatoms. The van der Waals surface area contributed by atoms with E-state index in [-0.39, 0.29) is 16.7 Å². The normalized spacial score (nSPS) is 16.9. The van der Waals surface area contributed by atoms with Gasteiger partial charge in [0.2, 0.25) is 9.84 Å². The molecule has 1 aromatic rings. The Morgan fingerprint density at radius 3 is 2.67 bits per heavy atom. The lowest BCUT2D eigenvalue weighted by Gasteiger charge is -2.07. The van der Waals surface area contributed by atoms with Gasteiger partial charge < -0.3 is 15.2 Å². The van der Waals surface area contributed by atoms with E-state index in [4.69, 9.17) is 15.2 Å². The van der Waals surface area contributed by atoms with Crippen LogP contribution < -0.4 is 15.2 Å². The molecule has 0 radical (unpaired) electrons. The number of hydrogen-bond acceptors (Lipinski definition) is 6. The zero-order valence-corrected chi connectivity index (χ0v) is 10.5. The van der Waals surface area contributed by atoms with E-state index >= 15 is 0 Å². The molecule has 2 rings (SSSR count). The molecule has 0 fully saturated rings. The number of nitrogens with two attached hydrogens (primary N) is 1. The number of sulfone groups is 1. The average molecular weight is 268 g/mol. The third kappa shape index (κ3) is 2.30. The number of methoxy groups -OCH3 is 1. The molecule has 18 heavy (non-hydrogen) atoms. The number of aliphatic imine (C=N–C) groups is 1. The first-order chi connectivity index (χ1) is 8.54. The van der Waals surface area contributed by atoms with Crippen molar-refractivity contribution < 1.29 is 17.9 Å². The second kappa shape index (κ2) is 4.69. The molecular weight excluding hydrogens is 256 g/mol. The molecule has 6 nitrogen and oxygen atoms in total. The van der Waals surface area contributed by atoms with Crippen molar-refractivity contribution in [3.05, 3.63) is 35.5 Å². The first-order valence-corrected chi connectivity index (χ1v) is 6.56. The van der Waals surface area contributed by atoms with Crippen LogP contribution in [-0.4, -0.2) is 27.2 Å². The van der Waals surface area contributed by atoms with Crippen molar-refractivity contribution in [2.45, 2.75) is 0 Å². The summed E-state index contributed by atoms with van der Waals surface area (Å²) >= 11 is 0. The van der Waals surface area contributed by atoms with Gasteiger partial charge >= 0.3 is 0 Å². The van der Waals surface area contributed by atoms with Crippen LogP contribution in [0.25, 0.3) is 0 Å². The van der Waals surface area contributed by atoms with Gasteiger partial charge in [-0.3, -0.25) is 0 Å². The van der Waals surface area contributed by atoms with Gasteiger partial charge in [-0.2, -0.15) is 0 Å². The molecule has 0 saturated heterocycles. The van der Waals surface area contributed by atoms with Crippen molar-refractivity contribution in [1.29, 1.82) is 0 Å². The predicted molar refractivity (Wildman–Crippen MR) is 67.1 cm³/mol. The third-order valence-corrected chi connectivity index (χ3v) is 3.93. The van der Waals surface area contributed by atoms with Gasteiger partial charge in [0, 0.05) is 6.07 Å². The lowest BCUT2D eigenvalue weighted by molar-refractivity contribution is 0.370. The van der Waals surface area contributed by atoms with E-state index in [1.807, 2.05) is 0 Å². The maximum Gasteiger partial charge on any atom is 0.239 e. The van der Waals surface area contributed by atoms with Crippen molar-refractivity contribution in [2.75, 3.05) is 13.7 Å². The molecule has 0 atom stereocenters. The maximum absolute atomic E-state index is 11.6. The molecule has 0 amide bonds. The van der Waals surface area contributed by atoms with Crippen molar-refractivity contribution in [3.8, 4) is 11.5 Å². The minimum absolute atomic E-state index is 0.0946. The lowest BCUT2D eigenvalue weighted by atomic mass is 10.3. The highest BCUT2D eigenvalue weighted by Crippen LogP contribution is 2.20. The van der Waals surface area contributed by atoms with E-state index < -0.39 is 9.84 Å². The smallest absolute Gasteiger partial charge is 0.239 e. The topological polar surface area (TPSA) is 91.0 Å². The summed E-state index contributed by atoms with van der Waals surface area (Å²) < 4.78 is 33.6. The number of benzene rings is 1. The zero-order chi connectivity index (χ0) is 13.2. The molecule has 0 spiro atoms. The second-order valence-electron chi connectivity index (χ2n) is 3.53. The van der Waals surface area contributed by atoms with Gasteiger partial charge in [-0.05, 0) is 12.1 Å². The molecule has 0 saturated carbocycles. The molecule has 1 heterocycles. The second-order valence-corrected chi connectivity index (χ2v) is 5.47. The van der Waals surface area contributed by atoms with Gasteiger partial charge in [0.25, 0.3) is 0 Å². The van der Waals surface area contributed by atoms with Gasteiger partial charge in [0.1, 0.15) is 18.1 Å². The van der Waals surface area contributed by atoms with E-state index in [2.05, 4.69) is 4.99 Å². The summed E-state index contributed by atoms with van der Waals surface area (Å²) in [6, 6.07) is 6.85. The van der Waals surface area contributed by atoms with Crippen LogP contribution in [0.15, 0.2) is 40.5 Å². The van der Waals surface area contributed by atoms with E-state index in [1.165, 1.54) is 7.11 Å². The Morgan fingerprint density at radius 2 is 2.06 bits per heavy atom. The summed E-state index contributed by atoms with van der Waals surface area (Å²) in [5.74, 6) is 1.12. The summed E-state index contributed by atoms with van der Waals surface area (Å²) in [6.07, 6.45) is 1.11. The molecule has 0 aromatic heterocycles. The summed E-state index contributed by atoms with van der Waals surface area (Å²) in [6.45, 7) is -0.160. The first kappa shape index (κ1) is 12.4. The molecule has 0 bridgehead atoms. The number of rotatable bonds is 4. The van der Waals surface area contributed by atoms with Crippen molar-refractivity contribution in [1.82, 2.24) is 0 Å². The summed E-state index contributed by atoms with van der Waals surface area (Å²) in [5.41, 5.74) is 5.30. The predicted octanol–water partition coefficient (Wildman–Crippen LogP) is 0.659. The highest BCUT2D eigenvalue weighted by molar-refractivity contribution is 8.10. The molecule has 1 aliphatic heterocycles. The fourth-order valence-electron chi connectivity index (χ4n) is 1.36. The SMILES string of the molecule is COc1cccc(OCC2=NC=C(N)S2(=O)=O)c1. The Bertz CT molecular complexity index is 620. The Hall–Kier alpha value is -2.02. The fraction of sp³-hybridized carbons (Fsp3) is 0.182. The van der Waals surface area contributed by atoms with Gasteiger partial charge in [0.15, 0.2) is 10.1 Å². The Labute approximate surface area is 105 Å². The van der Waals surface area contributed by atoms with Crippen LogP contribution in [-0.2, 0) is 9.84 Å². The molecule has 2 N–H and O–H groups in total. The number of nitrogens with zero attached hydrogens (tertiary/aromatic N) is 1. The van der Waals surface area contributed by atoms with Crippen LogP contribution in [0.3, 0.4) is 0 Å². The molecule has 0 aliphatic carbocycles. The number of ether oxygens (including phenoxy) is 2. The van der Waals surface area contributed by atoms with Crippen molar-refractivity contribution in [2.24, 2.45) is 10.7 Å². The zero-order valence-electron chi connectivity index (χ0n) is 9.66. The Balaban J connectivity index is 2.06. The maximum atomic E-state index is 11.6.